The molecule has 2 aromatic rings. The molecule has 1 fully saturated rings. The van der Waals surface area contributed by atoms with Crippen LogP contribution in [-0.4, -0.2) is 10.7 Å². The molecule has 1 saturated carbocycles. The van der Waals surface area contributed by atoms with Crippen molar-refractivity contribution in [3.8, 4) is 5.75 Å². The van der Waals surface area contributed by atoms with Gasteiger partial charge in [0.1, 0.15) is 11.5 Å². The summed E-state index contributed by atoms with van der Waals surface area (Å²) in [5, 5.41) is 3.02. The van der Waals surface area contributed by atoms with Gasteiger partial charge in [0.25, 0.3) is 0 Å². The van der Waals surface area contributed by atoms with Gasteiger partial charge in [0, 0.05) is 23.4 Å². The van der Waals surface area contributed by atoms with Crippen molar-refractivity contribution in [3.05, 3.63) is 58.5 Å². The average Bonchev–Trinajstić information content (AvgIpc) is 3.25. The first-order valence-electron chi connectivity index (χ1n) is 9.37. The maximum absolute atomic E-state index is 6.61. The van der Waals surface area contributed by atoms with Gasteiger partial charge in [-0.3, -0.25) is 0 Å². The Hall–Kier alpha value is -1.91. The number of benzene rings is 1. The molecule has 1 spiro atoms. The topological polar surface area (TPSA) is 37.6 Å². The molecule has 0 amide bonds. The molecule has 1 aliphatic carbocycles. The number of fused-ring (bicyclic) bond motifs is 4. The molecular formula is C21H23ClN2O2. The van der Waals surface area contributed by atoms with Gasteiger partial charge < -0.3 is 14.6 Å². The fourth-order valence-corrected chi connectivity index (χ4v) is 4.60. The van der Waals surface area contributed by atoms with Gasteiger partial charge in [-0.2, -0.15) is 5.01 Å². The highest BCUT2D eigenvalue weighted by molar-refractivity contribution is 6.30. The molecule has 0 radical (unpaired) electrons. The van der Waals surface area contributed by atoms with Gasteiger partial charge >= 0.3 is 0 Å². The lowest BCUT2D eigenvalue weighted by atomic mass is 9.82. The van der Waals surface area contributed by atoms with Crippen LogP contribution in [0.1, 0.15) is 55.7 Å². The third-order valence-electron chi connectivity index (χ3n) is 5.93. The molecule has 26 heavy (non-hydrogen) atoms. The van der Waals surface area contributed by atoms with Crippen LogP contribution < -0.4 is 10.2 Å². The highest BCUT2D eigenvalue weighted by Gasteiger charge is 2.51. The number of nitrogens with one attached hydrogen (secondary N) is 1. The van der Waals surface area contributed by atoms with Crippen molar-refractivity contribution in [2.24, 2.45) is 5.92 Å². The zero-order chi connectivity index (χ0) is 17.9. The minimum absolute atomic E-state index is 0.0891. The molecule has 3 aliphatic rings. The van der Waals surface area contributed by atoms with Gasteiger partial charge in [0.2, 0.25) is 0 Å². The molecule has 4 nitrogen and oxygen atoms in total. The van der Waals surface area contributed by atoms with Gasteiger partial charge in [-0.05, 0) is 62.1 Å². The van der Waals surface area contributed by atoms with E-state index in [1.165, 1.54) is 12.8 Å². The molecule has 0 bridgehead atoms. The minimum atomic E-state index is -0.322. The largest absolute Gasteiger partial charge is 0.471 e. The number of ether oxygens (including phenoxy) is 1. The van der Waals surface area contributed by atoms with E-state index in [1.807, 2.05) is 37.3 Å². The first kappa shape index (κ1) is 16.3. The van der Waals surface area contributed by atoms with Crippen LogP contribution in [0.25, 0.3) is 5.70 Å². The van der Waals surface area contributed by atoms with E-state index in [-0.39, 0.29) is 11.8 Å². The Morgan fingerprint density at radius 1 is 1.19 bits per heavy atom. The van der Waals surface area contributed by atoms with Gasteiger partial charge in [0.05, 0.1) is 11.7 Å². The fourth-order valence-electron chi connectivity index (χ4n) is 4.42. The Kier molecular flexibility index (Phi) is 3.63. The van der Waals surface area contributed by atoms with Crippen LogP contribution in [0.5, 0.6) is 5.75 Å². The summed E-state index contributed by atoms with van der Waals surface area (Å²) in [6.07, 6.45) is 6.60. The predicted octanol–water partition coefficient (Wildman–Crippen LogP) is 5.44. The number of rotatable bonds is 1. The zero-order valence-corrected chi connectivity index (χ0v) is 15.8. The molecule has 0 unspecified atom stereocenters. The van der Waals surface area contributed by atoms with Crippen molar-refractivity contribution in [1.82, 2.24) is 10.4 Å². The molecule has 1 N–H and O–H groups in total. The summed E-state index contributed by atoms with van der Waals surface area (Å²) in [4.78, 5) is 0. The summed E-state index contributed by atoms with van der Waals surface area (Å²) in [5.41, 5.74) is 5.37. The molecule has 5 heteroatoms. The van der Waals surface area contributed by atoms with Crippen LogP contribution in [0.3, 0.4) is 0 Å². The SMILES string of the molecule is Cc1ccc(C2=C[C@@H]3c4cc(Cl)ccc4OC4(CCC(C)CC4)N3N2)o1. The van der Waals surface area contributed by atoms with E-state index >= 15 is 0 Å². The lowest BCUT2D eigenvalue weighted by Crippen LogP contribution is -2.60. The van der Waals surface area contributed by atoms with Gasteiger partial charge in [-0.1, -0.05) is 18.5 Å². The molecule has 136 valence electrons. The molecule has 5 rings (SSSR count). The molecule has 1 aromatic heterocycles. The summed E-state index contributed by atoms with van der Waals surface area (Å²) in [6.45, 7) is 4.29. The van der Waals surface area contributed by atoms with E-state index in [0.29, 0.717) is 0 Å². The number of hydrazine groups is 1. The summed E-state index contributed by atoms with van der Waals surface area (Å²) in [6, 6.07) is 10.0. The van der Waals surface area contributed by atoms with Crippen molar-refractivity contribution < 1.29 is 9.15 Å². The maximum Gasteiger partial charge on any atom is 0.180 e. The number of nitrogens with zero attached hydrogens (tertiary/aromatic N) is 1. The van der Waals surface area contributed by atoms with Crippen molar-refractivity contribution in [3.63, 3.8) is 0 Å². The lowest BCUT2D eigenvalue weighted by molar-refractivity contribution is -0.155. The van der Waals surface area contributed by atoms with E-state index < -0.39 is 0 Å². The average molecular weight is 371 g/mol. The van der Waals surface area contributed by atoms with E-state index in [1.54, 1.807) is 0 Å². The number of halogens is 1. The van der Waals surface area contributed by atoms with Crippen LogP contribution >= 0.6 is 11.6 Å². The van der Waals surface area contributed by atoms with Gasteiger partial charge in [-0.15, -0.1) is 0 Å². The van der Waals surface area contributed by atoms with Crippen LogP contribution in [0.2, 0.25) is 5.02 Å². The Morgan fingerprint density at radius 3 is 2.73 bits per heavy atom. The highest BCUT2D eigenvalue weighted by atomic mass is 35.5. The molecule has 1 aromatic carbocycles. The first-order chi connectivity index (χ1) is 12.5. The van der Waals surface area contributed by atoms with Gasteiger partial charge in [-0.25, -0.2) is 0 Å². The molecule has 3 heterocycles. The minimum Gasteiger partial charge on any atom is -0.471 e. The summed E-state index contributed by atoms with van der Waals surface area (Å²) < 4.78 is 12.5. The lowest BCUT2D eigenvalue weighted by Gasteiger charge is -2.51. The van der Waals surface area contributed by atoms with Crippen LogP contribution in [0, 0.1) is 12.8 Å². The van der Waals surface area contributed by atoms with Crippen molar-refractivity contribution in [2.75, 3.05) is 0 Å². The Bertz CT molecular complexity index is 880. The number of hydrogen-bond acceptors (Lipinski definition) is 4. The third kappa shape index (κ3) is 2.47. The number of aryl methyl sites for hydroxylation is 1. The Balaban J connectivity index is 1.59. The highest BCUT2D eigenvalue weighted by Crippen LogP contribution is 2.50. The third-order valence-corrected chi connectivity index (χ3v) is 6.17. The van der Waals surface area contributed by atoms with Crippen molar-refractivity contribution in [1.29, 1.82) is 0 Å². The monoisotopic (exact) mass is 370 g/mol. The number of hydrogen-bond donors (Lipinski definition) is 1. The van der Waals surface area contributed by atoms with E-state index in [9.17, 15) is 0 Å². The summed E-state index contributed by atoms with van der Waals surface area (Å²) in [7, 11) is 0. The second kappa shape index (κ2) is 5.80. The standard InChI is InChI=1S/C21H23ClN2O2/c1-13-7-9-21(10-8-13)24-18(16-11-15(22)4-6-19(16)26-21)12-17(23-24)20-5-3-14(2)25-20/h3-6,11-13,18,23H,7-10H2,1-2H3/t13?,18-,21?/m1/s1. The molecule has 2 aliphatic heterocycles. The molecule has 0 saturated heterocycles. The van der Waals surface area contributed by atoms with E-state index in [0.717, 1.165) is 52.3 Å². The predicted molar refractivity (Wildman–Crippen MR) is 102 cm³/mol. The number of furan rings is 1. The zero-order valence-electron chi connectivity index (χ0n) is 15.1. The van der Waals surface area contributed by atoms with E-state index in [2.05, 4.69) is 23.4 Å². The Morgan fingerprint density at radius 2 is 2.00 bits per heavy atom. The quantitative estimate of drug-likeness (QED) is 0.725. The first-order valence-corrected chi connectivity index (χ1v) is 9.75. The second-order valence-electron chi connectivity index (χ2n) is 7.83. The van der Waals surface area contributed by atoms with Gasteiger partial charge in [0.15, 0.2) is 11.5 Å². The smallest absolute Gasteiger partial charge is 0.180 e. The maximum atomic E-state index is 6.61. The van der Waals surface area contributed by atoms with Crippen molar-refractivity contribution in [2.45, 2.75) is 51.3 Å². The van der Waals surface area contributed by atoms with Crippen LogP contribution in [-0.2, 0) is 0 Å². The Labute approximate surface area is 158 Å². The second-order valence-corrected chi connectivity index (χ2v) is 8.27. The summed E-state index contributed by atoms with van der Waals surface area (Å²) in [5.74, 6) is 3.46. The van der Waals surface area contributed by atoms with Crippen molar-refractivity contribution >= 4 is 17.3 Å². The molecule has 1 atom stereocenters. The molecular weight excluding hydrogens is 348 g/mol. The normalized spacial score (nSPS) is 30.3. The summed E-state index contributed by atoms with van der Waals surface area (Å²) >= 11 is 6.29. The fraction of sp³-hybridized carbons (Fsp3) is 0.429. The van der Waals surface area contributed by atoms with E-state index in [4.69, 9.17) is 20.8 Å². The van der Waals surface area contributed by atoms with Crippen LogP contribution in [0.4, 0.5) is 0 Å². The van der Waals surface area contributed by atoms with Crippen LogP contribution in [0.15, 0.2) is 40.8 Å².